The van der Waals surface area contributed by atoms with Gasteiger partial charge in [0.25, 0.3) is 0 Å². The lowest BCUT2D eigenvalue weighted by Crippen LogP contribution is -2.25. The van der Waals surface area contributed by atoms with Crippen LogP contribution >= 0.6 is 0 Å². The number of aldehydes is 1. The number of ether oxygens (including phenoxy) is 1. The maximum absolute atomic E-state index is 10.5. The van der Waals surface area contributed by atoms with Gasteiger partial charge < -0.3 is 9.53 Å². The summed E-state index contributed by atoms with van der Waals surface area (Å²) in [7, 11) is 0. The third-order valence-corrected chi connectivity index (χ3v) is 2.58. The highest BCUT2D eigenvalue weighted by Gasteiger charge is 2.35. The minimum atomic E-state index is -0.206. The van der Waals surface area contributed by atoms with Crippen molar-refractivity contribution in [2.75, 3.05) is 0 Å². The molecular weight excluding hydrogens is 152 g/mol. The Bertz CT molecular complexity index is 188. The van der Waals surface area contributed by atoms with Crippen molar-refractivity contribution in [2.24, 2.45) is 5.92 Å². The lowest BCUT2D eigenvalue weighted by Gasteiger charge is -2.21. The van der Waals surface area contributed by atoms with Crippen molar-refractivity contribution in [1.29, 1.82) is 0 Å². The standard InChI is InChI=1S/C10H16O2/c1-4-10(3)6-5-9(12-10)8(2)7-11/h4,7-9H,1,5-6H2,2-3H3/t8-,9?,10-/m1/s1. The van der Waals surface area contributed by atoms with Crippen LogP contribution in [0.4, 0.5) is 0 Å². The second kappa shape index (κ2) is 3.40. The van der Waals surface area contributed by atoms with Gasteiger partial charge in [-0.3, -0.25) is 0 Å². The largest absolute Gasteiger partial charge is 0.367 e. The molecule has 1 aliphatic heterocycles. The summed E-state index contributed by atoms with van der Waals surface area (Å²) in [6, 6.07) is 0. The van der Waals surface area contributed by atoms with Gasteiger partial charge in [0.1, 0.15) is 6.29 Å². The second-order valence-corrected chi connectivity index (χ2v) is 3.71. The van der Waals surface area contributed by atoms with E-state index < -0.39 is 0 Å². The Balaban J connectivity index is 2.55. The molecule has 0 aromatic carbocycles. The summed E-state index contributed by atoms with van der Waals surface area (Å²) in [4.78, 5) is 10.5. The van der Waals surface area contributed by atoms with E-state index in [2.05, 4.69) is 6.58 Å². The molecule has 0 spiro atoms. The number of hydrogen-bond acceptors (Lipinski definition) is 2. The van der Waals surface area contributed by atoms with Gasteiger partial charge >= 0.3 is 0 Å². The summed E-state index contributed by atoms with van der Waals surface area (Å²) in [5, 5.41) is 0. The fourth-order valence-electron chi connectivity index (χ4n) is 1.50. The first-order chi connectivity index (χ1) is 5.61. The number of hydrogen-bond donors (Lipinski definition) is 0. The predicted octanol–water partition coefficient (Wildman–Crippen LogP) is 1.95. The van der Waals surface area contributed by atoms with Crippen LogP contribution in [0.3, 0.4) is 0 Å². The molecule has 0 bridgehead atoms. The molecule has 68 valence electrons. The Hall–Kier alpha value is -0.630. The quantitative estimate of drug-likeness (QED) is 0.475. The van der Waals surface area contributed by atoms with Crippen LogP contribution in [0.15, 0.2) is 12.7 Å². The lowest BCUT2D eigenvalue weighted by atomic mass is 10.00. The van der Waals surface area contributed by atoms with Crippen LogP contribution in [0.1, 0.15) is 26.7 Å². The van der Waals surface area contributed by atoms with Crippen LogP contribution in [0.2, 0.25) is 0 Å². The van der Waals surface area contributed by atoms with Gasteiger partial charge in [-0.25, -0.2) is 0 Å². The molecule has 2 heteroatoms. The van der Waals surface area contributed by atoms with Crippen molar-refractivity contribution < 1.29 is 9.53 Å². The van der Waals surface area contributed by atoms with Crippen LogP contribution in [0, 0.1) is 5.92 Å². The molecule has 0 aromatic heterocycles. The van der Waals surface area contributed by atoms with E-state index in [1.54, 1.807) is 0 Å². The minimum Gasteiger partial charge on any atom is -0.367 e. The summed E-state index contributed by atoms with van der Waals surface area (Å²) in [6.45, 7) is 7.63. The fraction of sp³-hybridized carbons (Fsp3) is 0.700. The SMILES string of the molecule is C=C[C@]1(C)CCC([C@H](C)C=O)O1. The predicted molar refractivity (Wildman–Crippen MR) is 47.9 cm³/mol. The smallest absolute Gasteiger partial charge is 0.125 e. The maximum Gasteiger partial charge on any atom is 0.125 e. The molecule has 1 rings (SSSR count). The van der Waals surface area contributed by atoms with Gasteiger partial charge in [-0.2, -0.15) is 0 Å². The molecule has 1 saturated heterocycles. The lowest BCUT2D eigenvalue weighted by molar-refractivity contribution is -0.115. The second-order valence-electron chi connectivity index (χ2n) is 3.71. The Kier molecular flexibility index (Phi) is 2.68. The molecule has 1 heterocycles. The highest BCUT2D eigenvalue weighted by Crippen LogP contribution is 2.33. The molecule has 0 aliphatic carbocycles. The molecule has 3 atom stereocenters. The van der Waals surface area contributed by atoms with Crippen molar-refractivity contribution in [3.05, 3.63) is 12.7 Å². The summed E-state index contributed by atoms with van der Waals surface area (Å²) < 4.78 is 5.70. The molecule has 0 saturated carbocycles. The van der Waals surface area contributed by atoms with Gasteiger partial charge in [0.2, 0.25) is 0 Å². The topological polar surface area (TPSA) is 26.3 Å². The number of carbonyl (C=O) groups is 1. The van der Waals surface area contributed by atoms with E-state index in [1.807, 2.05) is 19.9 Å². The van der Waals surface area contributed by atoms with Crippen LogP contribution in [0.5, 0.6) is 0 Å². The Labute approximate surface area is 73.6 Å². The molecule has 0 radical (unpaired) electrons. The molecule has 0 N–H and O–H groups in total. The van der Waals surface area contributed by atoms with E-state index in [-0.39, 0.29) is 17.6 Å². The number of rotatable bonds is 3. The van der Waals surface area contributed by atoms with Crippen LogP contribution < -0.4 is 0 Å². The third kappa shape index (κ3) is 1.75. The van der Waals surface area contributed by atoms with Crippen molar-refractivity contribution in [3.63, 3.8) is 0 Å². The van der Waals surface area contributed by atoms with Crippen LogP contribution in [-0.2, 0) is 9.53 Å². The zero-order chi connectivity index (χ0) is 9.19. The first-order valence-corrected chi connectivity index (χ1v) is 4.38. The average Bonchev–Trinajstić information content (AvgIpc) is 2.48. The molecular formula is C10H16O2. The van der Waals surface area contributed by atoms with Gasteiger partial charge in [0.05, 0.1) is 11.7 Å². The maximum atomic E-state index is 10.5. The molecule has 2 nitrogen and oxygen atoms in total. The van der Waals surface area contributed by atoms with Crippen molar-refractivity contribution in [2.45, 2.75) is 38.4 Å². The van der Waals surface area contributed by atoms with E-state index in [4.69, 9.17) is 4.74 Å². The molecule has 1 fully saturated rings. The highest BCUT2D eigenvalue weighted by molar-refractivity contribution is 5.53. The van der Waals surface area contributed by atoms with Gasteiger partial charge in [0.15, 0.2) is 0 Å². The van der Waals surface area contributed by atoms with Gasteiger partial charge in [0, 0.05) is 5.92 Å². The highest BCUT2D eigenvalue weighted by atomic mass is 16.5. The first-order valence-electron chi connectivity index (χ1n) is 4.38. The van der Waals surface area contributed by atoms with Crippen molar-refractivity contribution in [1.82, 2.24) is 0 Å². The summed E-state index contributed by atoms with van der Waals surface area (Å²) in [5.74, 6) is 0.00627. The van der Waals surface area contributed by atoms with Crippen molar-refractivity contribution >= 4 is 6.29 Å². The van der Waals surface area contributed by atoms with Crippen LogP contribution in [0.25, 0.3) is 0 Å². The van der Waals surface area contributed by atoms with Gasteiger partial charge in [-0.1, -0.05) is 13.0 Å². The van der Waals surface area contributed by atoms with E-state index in [0.717, 1.165) is 19.1 Å². The Morgan fingerprint density at radius 2 is 2.42 bits per heavy atom. The summed E-state index contributed by atoms with van der Waals surface area (Å²) in [6.07, 6.45) is 4.80. The normalized spacial score (nSPS) is 37.7. The Morgan fingerprint density at radius 1 is 1.75 bits per heavy atom. The fourth-order valence-corrected chi connectivity index (χ4v) is 1.50. The Morgan fingerprint density at radius 3 is 2.83 bits per heavy atom. The molecule has 1 unspecified atom stereocenters. The van der Waals surface area contributed by atoms with Crippen molar-refractivity contribution in [3.8, 4) is 0 Å². The van der Waals surface area contributed by atoms with Gasteiger partial charge in [-0.05, 0) is 19.8 Å². The molecule has 1 aliphatic rings. The first kappa shape index (κ1) is 9.46. The minimum absolute atomic E-state index is 0.00627. The average molecular weight is 168 g/mol. The molecule has 12 heavy (non-hydrogen) atoms. The summed E-state index contributed by atoms with van der Waals surface area (Å²) >= 11 is 0. The van der Waals surface area contributed by atoms with Crippen LogP contribution in [-0.4, -0.2) is 18.0 Å². The van der Waals surface area contributed by atoms with E-state index in [0.29, 0.717) is 0 Å². The third-order valence-electron chi connectivity index (χ3n) is 2.58. The zero-order valence-corrected chi connectivity index (χ0v) is 7.75. The van der Waals surface area contributed by atoms with E-state index in [1.165, 1.54) is 0 Å². The zero-order valence-electron chi connectivity index (χ0n) is 7.75. The molecule has 0 aromatic rings. The molecule has 0 amide bonds. The van der Waals surface area contributed by atoms with Gasteiger partial charge in [-0.15, -0.1) is 6.58 Å². The monoisotopic (exact) mass is 168 g/mol. The number of carbonyl (C=O) groups excluding carboxylic acids is 1. The van der Waals surface area contributed by atoms with E-state index in [9.17, 15) is 4.79 Å². The van der Waals surface area contributed by atoms with E-state index >= 15 is 0 Å². The summed E-state index contributed by atoms with van der Waals surface area (Å²) in [5.41, 5.74) is -0.206.